The van der Waals surface area contributed by atoms with Gasteiger partial charge in [-0.2, -0.15) is 4.98 Å². The number of aryl methyl sites for hydroxylation is 1. The van der Waals surface area contributed by atoms with E-state index < -0.39 is 0 Å². The molecule has 4 N–H and O–H groups in total. The Bertz CT molecular complexity index is 384. The van der Waals surface area contributed by atoms with Crippen molar-refractivity contribution < 1.29 is 5.11 Å². The van der Waals surface area contributed by atoms with Crippen molar-refractivity contribution in [1.82, 2.24) is 9.97 Å². The van der Waals surface area contributed by atoms with Gasteiger partial charge in [0.1, 0.15) is 5.82 Å². The Kier molecular flexibility index (Phi) is 3.75. The average molecular weight is 237 g/mol. The zero-order chi connectivity index (χ0) is 12.3. The minimum absolute atomic E-state index is 0.261. The van der Waals surface area contributed by atoms with Crippen molar-refractivity contribution in [3.63, 3.8) is 0 Å². The number of nitrogens with two attached hydrogens (primary N) is 1. The monoisotopic (exact) mass is 237 g/mol. The van der Waals surface area contributed by atoms with Gasteiger partial charge < -0.3 is 10.0 Å². The molecule has 1 atom stereocenters. The van der Waals surface area contributed by atoms with Gasteiger partial charge in [-0.3, -0.25) is 5.43 Å². The third-order valence-electron chi connectivity index (χ3n) is 3.20. The highest BCUT2D eigenvalue weighted by Crippen LogP contribution is 2.26. The molecule has 2 heterocycles. The van der Waals surface area contributed by atoms with Crippen molar-refractivity contribution in [2.45, 2.75) is 19.8 Å². The second-order valence-corrected chi connectivity index (χ2v) is 4.46. The van der Waals surface area contributed by atoms with Crippen LogP contribution in [0.4, 0.5) is 11.8 Å². The highest BCUT2D eigenvalue weighted by atomic mass is 16.3. The molecule has 0 radical (unpaired) electrons. The predicted molar refractivity (Wildman–Crippen MR) is 66.6 cm³/mol. The summed E-state index contributed by atoms with van der Waals surface area (Å²) in [4.78, 5) is 10.7. The summed E-state index contributed by atoms with van der Waals surface area (Å²) in [5.41, 5.74) is 3.52. The number of aromatic nitrogens is 2. The van der Waals surface area contributed by atoms with Crippen LogP contribution in [0, 0.1) is 12.8 Å². The van der Waals surface area contributed by atoms with E-state index in [0.29, 0.717) is 11.9 Å². The fourth-order valence-electron chi connectivity index (χ4n) is 2.27. The first-order valence-corrected chi connectivity index (χ1v) is 5.90. The molecule has 1 aromatic heterocycles. The quantitative estimate of drug-likeness (QED) is 0.515. The van der Waals surface area contributed by atoms with Crippen LogP contribution in [-0.2, 0) is 0 Å². The lowest BCUT2D eigenvalue weighted by Crippen LogP contribution is -2.23. The van der Waals surface area contributed by atoms with Gasteiger partial charge in [-0.15, -0.1) is 0 Å². The smallest absolute Gasteiger partial charge is 0.239 e. The molecule has 1 saturated heterocycles. The summed E-state index contributed by atoms with van der Waals surface area (Å²) in [5.74, 6) is 7.25. The van der Waals surface area contributed by atoms with E-state index in [1.54, 1.807) is 6.20 Å². The van der Waals surface area contributed by atoms with Gasteiger partial charge in [0.05, 0.1) is 0 Å². The first kappa shape index (κ1) is 12.1. The molecule has 0 saturated carbocycles. The highest BCUT2D eigenvalue weighted by molar-refractivity contribution is 5.49. The van der Waals surface area contributed by atoms with Gasteiger partial charge in [0.25, 0.3) is 0 Å². The van der Waals surface area contributed by atoms with Gasteiger partial charge in [-0.25, -0.2) is 10.8 Å². The largest absolute Gasteiger partial charge is 0.396 e. The molecule has 1 fully saturated rings. The molecule has 1 unspecified atom stereocenters. The number of aliphatic hydroxyl groups is 1. The second-order valence-electron chi connectivity index (χ2n) is 4.46. The van der Waals surface area contributed by atoms with E-state index in [2.05, 4.69) is 20.3 Å². The number of anilines is 2. The maximum atomic E-state index is 8.95. The lowest BCUT2D eigenvalue weighted by atomic mass is 10.1. The Balaban J connectivity index is 2.12. The van der Waals surface area contributed by atoms with Crippen LogP contribution < -0.4 is 16.2 Å². The fourth-order valence-corrected chi connectivity index (χ4v) is 2.27. The van der Waals surface area contributed by atoms with Gasteiger partial charge in [0.2, 0.25) is 5.95 Å². The standard InChI is InChI=1S/C11H19N5O/c1-8-6-13-11(15-12)14-10(8)16-4-2-9(7-16)3-5-17/h6,9,17H,2-5,7,12H2,1H3,(H,13,14,15). The summed E-state index contributed by atoms with van der Waals surface area (Å²) in [7, 11) is 0. The maximum Gasteiger partial charge on any atom is 0.239 e. The summed E-state index contributed by atoms with van der Waals surface area (Å²) in [6, 6.07) is 0. The minimum Gasteiger partial charge on any atom is -0.396 e. The number of nitrogens with one attached hydrogen (secondary N) is 1. The normalized spacial score (nSPS) is 19.7. The number of nitrogens with zero attached hydrogens (tertiary/aromatic N) is 3. The first-order chi connectivity index (χ1) is 8.24. The number of nitrogen functional groups attached to an aromatic ring is 1. The minimum atomic E-state index is 0.261. The number of hydrogen-bond donors (Lipinski definition) is 3. The van der Waals surface area contributed by atoms with Gasteiger partial charge in [-0.1, -0.05) is 0 Å². The van der Waals surface area contributed by atoms with E-state index in [1.807, 2.05) is 6.92 Å². The second kappa shape index (κ2) is 5.29. The molecule has 0 bridgehead atoms. The van der Waals surface area contributed by atoms with E-state index >= 15 is 0 Å². The van der Waals surface area contributed by atoms with Crippen molar-refractivity contribution in [3.8, 4) is 0 Å². The van der Waals surface area contributed by atoms with E-state index in [-0.39, 0.29) is 6.61 Å². The van der Waals surface area contributed by atoms with Crippen LogP contribution in [0.2, 0.25) is 0 Å². The molecule has 2 rings (SSSR count). The van der Waals surface area contributed by atoms with Crippen LogP contribution in [-0.4, -0.2) is 34.8 Å². The molecular weight excluding hydrogens is 218 g/mol. The van der Waals surface area contributed by atoms with Crippen molar-refractivity contribution in [3.05, 3.63) is 11.8 Å². The Morgan fingerprint density at radius 1 is 1.65 bits per heavy atom. The lowest BCUT2D eigenvalue weighted by molar-refractivity contribution is 0.263. The summed E-state index contributed by atoms with van der Waals surface area (Å²) in [6.07, 6.45) is 3.74. The van der Waals surface area contributed by atoms with E-state index in [4.69, 9.17) is 10.9 Å². The van der Waals surface area contributed by atoms with Gasteiger partial charge in [0, 0.05) is 31.5 Å². The molecule has 0 aliphatic carbocycles. The summed E-state index contributed by atoms with van der Waals surface area (Å²) in [6.45, 7) is 4.18. The topological polar surface area (TPSA) is 87.3 Å². The number of rotatable bonds is 4. The lowest BCUT2D eigenvalue weighted by Gasteiger charge is -2.19. The molecule has 6 nitrogen and oxygen atoms in total. The van der Waals surface area contributed by atoms with E-state index in [9.17, 15) is 0 Å². The third kappa shape index (κ3) is 2.65. The number of aliphatic hydroxyl groups excluding tert-OH is 1. The maximum absolute atomic E-state index is 8.95. The molecule has 0 spiro atoms. The van der Waals surface area contributed by atoms with Gasteiger partial charge >= 0.3 is 0 Å². The SMILES string of the molecule is Cc1cnc(NN)nc1N1CCC(CCO)C1. The molecule has 1 aromatic rings. The summed E-state index contributed by atoms with van der Waals surface area (Å²) in [5, 5.41) is 8.95. The van der Waals surface area contributed by atoms with Crippen molar-refractivity contribution in [2.75, 3.05) is 30.0 Å². The Morgan fingerprint density at radius 3 is 3.18 bits per heavy atom. The molecule has 94 valence electrons. The van der Waals surface area contributed by atoms with Gasteiger partial charge in [0.15, 0.2) is 0 Å². The summed E-state index contributed by atoms with van der Waals surface area (Å²) < 4.78 is 0. The molecular formula is C11H19N5O. The predicted octanol–water partition coefficient (Wildman–Crippen LogP) is 0.279. The van der Waals surface area contributed by atoms with Crippen molar-refractivity contribution in [1.29, 1.82) is 0 Å². The van der Waals surface area contributed by atoms with Crippen LogP contribution >= 0.6 is 0 Å². The van der Waals surface area contributed by atoms with E-state index in [0.717, 1.165) is 37.3 Å². The third-order valence-corrected chi connectivity index (χ3v) is 3.20. The van der Waals surface area contributed by atoms with Crippen LogP contribution in [0.3, 0.4) is 0 Å². The zero-order valence-electron chi connectivity index (χ0n) is 10.1. The van der Waals surface area contributed by atoms with Crippen LogP contribution in [0.25, 0.3) is 0 Å². The Labute approximate surface area is 101 Å². The van der Waals surface area contributed by atoms with Crippen molar-refractivity contribution in [2.24, 2.45) is 11.8 Å². The molecule has 6 heteroatoms. The van der Waals surface area contributed by atoms with E-state index in [1.165, 1.54) is 0 Å². The summed E-state index contributed by atoms with van der Waals surface area (Å²) >= 11 is 0. The molecule has 0 amide bonds. The van der Waals surface area contributed by atoms with Crippen LogP contribution in [0.15, 0.2) is 6.20 Å². The van der Waals surface area contributed by atoms with Crippen LogP contribution in [0.1, 0.15) is 18.4 Å². The average Bonchev–Trinajstić information content (AvgIpc) is 2.79. The number of hydrogen-bond acceptors (Lipinski definition) is 6. The Morgan fingerprint density at radius 2 is 2.47 bits per heavy atom. The van der Waals surface area contributed by atoms with Crippen LogP contribution in [0.5, 0.6) is 0 Å². The molecule has 1 aliphatic rings. The highest BCUT2D eigenvalue weighted by Gasteiger charge is 2.24. The number of hydrazine groups is 1. The molecule has 1 aliphatic heterocycles. The first-order valence-electron chi connectivity index (χ1n) is 5.90. The molecule has 17 heavy (non-hydrogen) atoms. The zero-order valence-corrected chi connectivity index (χ0v) is 10.1. The van der Waals surface area contributed by atoms with Crippen molar-refractivity contribution >= 4 is 11.8 Å². The fraction of sp³-hybridized carbons (Fsp3) is 0.636. The van der Waals surface area contributed by atoms with Gasteiger partial charge in [-0.05, 0) is 25.7 Å². The molecule has 0 aromatic carbocycles. The Hall–Kier alpha value is -1.40.